The highest BCUT2D eigenvalue weighted by molar-refractivity contribution is 7.93. The number of amides is 1. The van der Waals surface area contributed by atoms with Crippen molar-refractivity contribution in [3.63, 3.8) is 0 Å². The summed E-state index contributed by atoms with van der Waals surface area (Å²) in [6.07, 6.45) is 1.48. The zero-order chi connectivity index (χ0) is 23.3. The summed E-state index contributed by atoms with van der Waals surface area (Å²) in [5, 5.41) is 2.84. The Morgan fingerprint density at radius 1 is 1.28 bits per heavy atom. The summed E-state index contributed by atoms with van der Waals surface area (Å²) in [6.45, 7) is 5.30. The number of aryl methyl sites for hydroxylation is 1. The molecule has 0 radical (unpaired) electrons. The fraction of sp³-hybridized carbons (Fsp3) is 0.409. The van der Waals surface area contributed by atoms with Crippen molar-refractivity contribution < 1.29 is 22.7 Å². The van der Waals surface area contributed by atoms with Crippen molar-refractivity contribution in [2.75, 3.05) is 24.8 Å². The van der Waals surface area contributed by atoms with Gasteiger partial charge in [0.1, 0.15) is 27.6 Å². The van der Waals surface area contributed by atoms with Crippen molar-refractivity contribution >= 4 is 27.3 Å². The van der Waals surface area contributed by atoms with Crippen LogP contribution in [0.3, 0.4) is 0 Å². The summed E-state index contributed by atoms with van der Waals surface area (Å²) in [5.74, 6) is 0.00280. The third kappa shape index (κ3) is 3.53. The summed E-state index contributed by atoms with van der Waals surface area (Å²) < 4.78 is 35.6. The molecule has 2 aliphatic heterocycles. The number of benzene rings is 1. The standard InChI is InChI=1S/C22H26N4O5S/c1-13-7-16(30-4)9-24-18(13)19(27)25-15-6-5-14-10-31-11-22(17(14)8-15)12-32(28,29)21(2,3)20(23)26-22/h5-9H,10-12H2,1-4H3,(H2,23,26)(H,25,27). The molecular formula is C22H26N4O5S. The number of hydrogen-bond acceptors (Lipinski definition) is 8. The van der Waals surface area contributed by atoms with Gasteiger partial charge in [-0.05, 0) is 55.7 Å². The number of nitrogens with one attached hydrogen (secondary N) is 1. The normalized spacial score (nSPS) is 23.2. The summed E-state index contributed by atoms with van der Waals surface area (Å²) >= 11 is 0. The SMILES string of the molecule is COc1cnc(C(=O)Nc2ccc3c(c2)C2(COC3)CS(=O)(=O)C(C)(C)C(N)=N2)c(C)c1. The Morgan fingerprint density at radius 3 is 2.69 bits per heavy atom. The minimum absolute atomic E-state index is 0.0488. The Labute approximate surface area is 187 Å². The van der Waals surface area contributed by atoms with E-state index in [0.717, 1.165) is 5.56 Å². The molecule has 4 rings (SSSR count). The number of nitrogens with zero attached hydrogens (tertiary/aromatic N) is 2. The maximum absolute atomic E-state index is 13.0. The van der Waals surface area contributed by atoms with Crippen LogP contribution in [0.4, 0.5) is 5.69 Å². The Hall–Kier alpha value is -2.98. The number of anilines is 1. The highest BCUT2D eigenvalue weighted by Gasteiger charge is 2.52. The molecule has 2 aliphatic rings. The van der Waals surface area contributed by atoms with Gasteiger partial charge < -0.3 is 20.5 Å². The number of nitrogens with two attached hydrogens (primary N) is 1. The highest BCUT2D eigenvalue weighted by atomic mass is 32.2. The summed E-state index contributed by atoms with van der Waals surface area (Å²) in [4.78, 5) is 21.6. The zero-order valence-corrected chi connectivity index (χ0v) is 19.2. The maximum Gasteiger partial charge on any atom is 0.274 e. The van der Waals surface area contributed by atoms with Gasteiger partial charge in [0.2, 0.25) is 0 Å². The second-order valence-corrected chi connectivity index (χ2v) is 11.2. The molecule has 1 unspecified atom stereocenters. The molecule has 170 valence electrons. The van der Waals surface area contributed by atoms with Gasteiger partial charge in [-0.1, -0.05) is 6.07 Å². The van der Waals surface area contributed by atoms with Crippen molar-refractivity contribution in [1.29, 1.82) is 0 Å². The number of fused-ring (bicyclic) bond motifs is 2. The third-order valence-corrected chi connectivity index (χ3v) is 8.75. The van der Waals surface area contributed by atoms with E-state index in [0.29, 0.717) is 29.2 Å². The Kier molecular flexibility index (Phi) is 5.25. The van der Waals surface area contributed by atoms with Gasteiger partial charge in [0, 0.05) is 5.69 Å². The number of methoxy groups -OCH3 is 1. The van der Waals surface area contributed by atoms with Crippen LogP contribution in [0, 0.1) is 6.92 Å². The van der Waals surface area contributed by atoms with E-state index < -0.39 is 20.1 Å². The third-order valence-electron chi connectivity index (χ3n) is 6.13. The van der Waals surface area contributed by atoms with Crippen LogP contribution >= 0.6 is 0 Å². The lowest BCUT2D eigenvalue weighted by molar-refractivity contribution is 0.0610. The van der Waals surface area contributed by atoms with Crippen molar-refractivity contribution in [3.05, 3.63) is 52.8 Å². The van der Waals surface area contributed by atoms with Gasteiger partial charge in [0.25, 0.3) is 5.91 Å². The Morgan fingerprint density at radius 2 is 2.03 bits per heavy atom. The van der Waals surface area contributed by atoms with Crippen LogP contribution in [0.5, 0.6) is 5.75 Å². The minimum Gasteiger partial charge on any atom is -0.495 e. The Balaban J connectivity index is 1.72. The molecule has 3 heterocycles. The number of carbonyl (C=O) groups is 1. The molecule has 9 nitrogen and oxygen atoms in total. The van der Waals surface area contributed by atoms with Crippen molar-refractivity contribution in [3.8, 4) is 5.75 Å². The second kappa shape index (κ2) is 7.56. The minimum atomic E-state index is -3.60. The van der Waals surface area contributed by atoms with Crippen LogP contribution < -0.4 is 15.8 Å². The molecule has 0 bridgehead atoms. The number of hydrogen-bond donors (Lipinski definition) is 2. The van der Waals surface area contributed by atoms with Gasteiger partial charge in [-0.2, -0.15) is 0 Å². The van der Waals surface area contributed by atoms with Gasteiger partial charge in [0.05, 0.1) is 32.3 Å². The molecule has 32 heavy (non-hydrogen) atoms. The molecule has 3 N–H and O–H groups in total. The van der Waals surface area contributed by atoms with E-state index in [9.17, 15) is 13.2 Å². The number of rotatable bonds is 3. The molecule has 2 aromatic rings. The molecule has 0 fully saturated rings. The second-order valence-electron chi connectivity index (χ2n) is 8.66. The van der Waals surface area contributed by atoms with Crippen LogP contribution in [0.15, 0.2) is 35.5 Å². The number of ether oxygens (including phenoxy) is 2. The van der Waals surface area contributed by atoms with E-state index in [4.69, 9.17) is 15.2 Å². The fourth-order valence-corrected chi connectivity index (χ4v) is 5.63. The first-order chi connectivity index (χ1) is 15.0. The number of sulfone groups is 1. The van der Waals surface area contributed by atoms with E-state index in [2.05, 4.69) is 15.3 Å². The van der Waals surface area contributed by atoms with Gasteiger partial charge in [0.15, 0.2) is 9.84 Å². The first-order valence-electron chi connectivity index (χ1n) is 10.1. The molecule has 1 spiro atoms. The fourth-order valence-electron chi connectivity index (χ4n) is 3.97. The average Bonchev–Trinajstić information content (AvgIpc) is 2.72. The molecule has 0 aliphatic carbocycles. The lowest BCUT2D eigenvalue weighted by atomic mass is 9.86. The number of aliphatic imine (C=N–C) groups is 1. The van der Waals surface area contributed by atoms with E-state index in [1.165, 1.54) is 13.3 Å². The molecule has 0 saturated carbocycles. The molecular weight excluding hydrogens is 432 g/mol. The Bertz CT molecular complexity index is 1240. The number of amidine groups is 1. The van der Waals surface area contributed by atoms with E-state index in [1.54, 1.807) is 45.0 Å². The van der Waals surface area contributed by atoms with Gasteiger partial charge >= 0.3 is 0 Å². The van der Waals surface area contributed by atoms with Crippen molar-refractivity contribution in [1.82, 2.24) is 4.98 Å². The quantitative estimate of drug-likeness (QED) is 0.718. The highest BCUT2D eigenvalue weighted by Crippen LogP contribution is 2.42. The number of pyridine rings is 1. The largest absolute Gasteiger partial charge is 0.495 e. The topological polar surface area (TPSA) is 133 Å². The van der Waals surface area contributed by atoms with Crippen LogP contribution in [0.1, 0.15) is 41.0 Å². The number of carbonyl (C=O) groups excluding carboxylic acids is 1. The molecule has 0 saturated heterocycles. The molecule has 10 heteroatoms. The molecule has 1 atom stereocenters. The van der Waals surface area contributed by atoms with Crippen LogP contribution in [0.25, 0.3) is 0 Å². The van der Waals surface area contributed by atoms with Crippen LogP contribution in [0.2, 0.25) is 0 Å². The molecule has 1 amide bonds. The summed E-state index contributed by atoms with van der Waals surface area (Å²) in [7, 11) is -2.06. The van der Waals surface area contributed by atoms with Crippen LogP contribution in [-0.4, -0.2) is 49.4 Å². The lowest BCUT2D eigenvalue weighted by Crippen LogP contribution is -2.57. The first kappa shape index (κ1) is 22.2. The van der Waals surface area contributed by atoms with Gasteiger partial charge in [-0.25, -0.2) is 13.4 Å². The van der Waals surface area contributed by atoms with Crippen molar-refractivity contribution in [2.24, 2.45) is 10.7 Å². The van der Waals surface area contributed by atoms with E-state index in [1.807, 2.05) is 0 Å². The smallest absolute Gasteiger partial charge is 0.274 e. The van der Waals surface area contributed by atoms with Gasteiger partial charge in [-0.3, -0.25) is 9.79 Å². The lowest BCUT2D eigenvalue weighted by Gasteiger charge is -2.42. The predicted octanol–water partition coefficient (Wildman–Crippen LogP) is 1.94. The van der Waals surface area contributed by atoms with E-state index >= 15 is 0 Å². The number of aromatic nitrogens is 1. The zero-order valence-electron chi connectivity index (χ0n) is 18.4. The van der Waals surface area contributed by atoms with Crippen molar-refractivity contribution in [2.45, 2.75) is 37.7 Å². The first-order valence-corrected chi connectivity index (χ1v) is 11.8. The van der Waals surface area contributed by atoms with Crippen LogP contribution in [-0.2, 0) is 26.7 Å². The predicted molar refractivity (Wildman–Crippen MR) is 121 cm³/mol. The summed E-state index contributed by atoms with van der Waals surface area (Å²) in [6, 6.07) is 7.02. The average molecular weight is 459 g/mol. The maximum atomic E-state index is 13.0. The summed E-state index contributed by atoms with van der Waals surface area (Å²) in [5.41, 5.74) is 7.89. The van der Waals surface area contributed by atoms with E-state index in [-0.39, 0.29) is 29.8 Å². The monoisotopic (exact) mass is 458 g/mol. The molecule has 1 aromatic carbocycles. The van der Waals surface area contributed by atoms with Gasteiger partial charge in [-0.15, -0.1) is 0 Å². The molecule has 1 aromatic heterocycles.